The molecule has 1 atom stereocenters. The molecular formula is C29H36N2OS. The zero-order valence-corrected chi connectivity index (χ0v) is 21.6. The number of thiazole rings is 1. The molecule has 0 amide bonds. The molecule has 1 aliphatic carbocycles. The van der Waals surface area contributed by atoms with Crippen molar-refractivity contribution in [3.8, 4) is 0 Å². The van der Waals surface area contributed by atoms with Crippen LogP contribution in [0.2, 0.25) is 0 Å². The number of anilines is 1. The average molecular weight is 461 g/mol. The van der Waals surface area contributed by atoms with Gasteiger partial charge in [-0.25, -0.2) is 4.98 Å². The topological polar surface area (TPSA) is 33.2 Å². The van der Waals surface area contributed by atoms with Gasteiger partial charge in [0.05, 0.1) is 11.6 Å². The maximum Gasteiger partial charge on any atom is 0.147 e. The molecule has 0 N–H and O–H groups in total. The summed E-state index contributed by atoms with van der Waals surface area (Å²) in [6, 6.07) is 2.47. The monoisotopic (exact) mass is 460 g/mol. The second-order valence-corrected chi connectivity index (χ2v) is 12.4. The Morgan fingerprint density at radius 3 is 2.64 bits per heavy atom. The van der Waals surface area contributed by atoms with Crippen LogP contribution in [0.15, 0.2) is 24.8 Å². The molecule has 2 aromatic rings. The molecule has 4 heteroatoms. The third-order valence-corrected chi connectivity index (χ3v) is 9.48. The van der Waals surface area contributed by atoms with E-state index in [9.17, 15) is 4.79 Å². The van der Waals surface area contributed by atoms with E-state index in [1.165, 1.54) is 39.2 Å². The summed E-state index contributed by atoms with van der Waals surface area (Å²) in [5.74, 6) is 0.204. The minimum atomic E-state index is -0.126. The minimum Gasteiger partial charge on any atom is -0.371 e. The lowest BCUT2D eigenvalue weighted by Crippen LogP contribution is -2.46. The summed E-state index contributed by atoms with van der Waals surface area (Å²) < 4.78 is 0. The van der Waals surface area contributed by atoms with Gasteiger partial charge in [-0.3, -0.25) is 4.79 Å². The maximum absolute atomic E-state index is 13.6. The van der Waals surface area contributed by atoms with Gasteiger partial charge in [0.15, 0.2) is 0 Å². The Kier molecular flexibility index (Phi) is 5.43. The van der Waals surface area contributed by atoms with E-state index in [1.54, 1.807) is 17.4 Å². The van der Waals surface area contributed by atoms with Crippen LogP contribution < -0.4 is 4.90 Å². The normalized spacial score (nSPS) is 22.9. The summed E-state index contributed by atoms with van der Waals surface area (Å²) in [7, 11) is 0. The number of fused-ring (bicyclic) bond motifs is 2. The molecule has 0 saturated heterocycles. The van der Waals surface area contributed by atoms with Crippen molar-refractivity contribution in [3.63, 3.8) is 0 Å². The molecule has 1 aromatic carbocycles. The highest BCUT2D eigenvalue weighted by Gasteiger charge is 2.44. The highest BCUT2D eigenvalue weighted by Crippen LogP contribution is 2.52. The van der Waals surface area contributed by atoms with Crippen LogP contribution in [0.3, 0.4) is 0 Å². The van der Waals surface area contributed by atoms with Crippen LogP contribution in [-0.2, 0) is 34.9 Å². The Morgan fingerprint density at radius 2 is 1.94 bits per heavy atom. The zero-order chi connectivity index (χ0) is 23.5. The van der Waals surface area contributed by atoms with Gasteiger partial charge >= 0.3 is 0 Å². The van der Waals surface area contributed by atoms with Gasteiger partial charge < -0.3 is 4.90 Å². The molecular weight excluding hydrogens is 424 g/mol. The molecule has 1 unspecified atom stereocenters. The second kappa shape index (κ2) is 7.94. The number of rotatable bonds is 4. The van der Waals surface area contributed by atoms with Crippen molar-refractivity contribution < 1.29 is 4.79 Å². The van der Waals surface area contributed by atoms with Crippen LogP contribution in [-0.4, -0.2) is 23.9 Å². The maximum atomic E-state index is 13.6. The largest absolute Gasteiger partial charge is 0.371 e. The van der Waals surface area contributed by atoms with Gasteiger partial charge in [-0.05, 0) is 64.8 Å². The molecule has 33 heavy (non-hydrogen) atoms. The fraction of sp³-hybridized carbons (Fsp3) is 0.517. The highest BCUT2D eigenvalue weighted by atomic mass is 32.1. The molecule has 0 fully saturated rings. The smallest absolute Gasteiger partial charge is 0.147 e. The minimum absolute atomic E-state index is 0.103. The van der Waals surface area contributed by atoms with Crippen molar-refractivity contribution in [2.75, 3.05) is 18.0 Å². The predicted octanol–water partition coefficient (Wildman–Crippen LogP) is 6.53. The summed E-state index contributed by atoms with van der Waals surface area (Å²) in [5.41, 5.74) is 8.37. The van der Waals surface area contributed by atoms with E-state index < -0.39 is 0 Å². The Hall–Kier alpha value is -2.20. The number of carbonyl (C=O) groups is 1. The van der Waals surface area contributed by atoms with Gasteiger partial charge in [0.2, 0.25) is 0 Å². The fourth-order valence-electron chi connectivity index (χ4n) is 6.08. The van der Waals surface area contributed by atoms with Crippen LogP contribution >= 0.6 is 11.3 Å². The third kappa shape index (κ3) is 3.62. The first-order valence-electron chi connectivity index (χ1n) is 12.4. The molecule has 5 rings (SSSR count). The number of carbonyl (C=O) groups excluding carboxylic acids is 1. The standard InChI is InChI=1S/C29H36N2OS/c1-7-9-10-22-24(8-2)33-27(30-22)20-15-18-16-21-26-25(19(18)17-23(20)32)29(5,6)12-14-31(26)13-11-28(21,3)4/h7,9-10,16,20H,1,8,11-15,17H2,2-6H3/b10-9-. The molecule has 1 aromatic heterocycles. The average Bonchev–Trinajstić information content (AvgIpc) is 3.18. The summed E-state index contributed by atoms with van der Waals surface area (Å²) in [5, 5.41) is 0.984. The number of aromatic nitrogens is 1. The number of benzene rings is 1. The Labute approximate surface area is 202 Å². The molecule has 0 saturated carbocycles. The third-order valence-electron chi connectivity index (χ3n) is 8.15. The molecule has 0 spiro atoms. The fourth-order valence-corrected chi connectivity index (χ4v) is 7.20. The lowest BCUT2D eigenvalue weighted by molar-refractivity contribution is -0.120. The number of hydrogen-bond donors (Lipinski definition) is 0. The van der Waals surface area contributed by atoms with E-state index in [2.05, 4.69) is 52.2 Å². The van der Waals surface area contributed by atoms with E-state index in [0.717, 1.165) is 43.1 Å². The van der Waals surface area contributed by atoms with Crippen molar-refractivity contribution in [3.05, 3.63) is 62.6 Å². The number of allylic oxidation sites excluding steroid dienone is 2. The van der Waals surface area contributed by atoms with Crippen LogP contribution in [0.5, 0.6) is 0 Å². The van der Waals surface area contributed by atoms with E-state index in [1.807, 2.05) is 12.2 Å². The molecule has 2 aliphatic heterocycles. The van der Waals surface area contributed by atoms with Gasteiger partial charge in [-0.2, -0.15) is 0 Å². The van der Waals surface area contributed by atoms with Crippen molar-refractivity contribution in [2.24, 2.45) is 0 Å². The number of Topliss-reactive ketones (excluding diaryl/α,β-unsaturated/α-hetero) is 1. The van der Waals surface area contributed by atoms with Crippen LogP contribution in [0.25, 0.3) is 6.08 Å². The van der Waals surface area contributed by atoms with Crippen LogP contribution in [0.4, 0.5) is 5.69 Å². The molecule has 0 bridgehead atoms. The summed E-state index contributed by atoms with van der Waals surface area (Å²) >= 11 is 1.72. The molecule has 3 aliphatic rings. The lowest BCUT2D eigenvalue weighted by atomic mass is 9.65. The van der Waals surface area contributed by atoms with Gasteiger partial charge in [0.25, 0.3) is 0 Å². The first-order chi connectivity index (χ1) is 15.7. The predicted molar refractivity (Wildman–Crippen MR) is 140 cm³/mol. The zero-order valence-electron chi connectivity index (χ0n) is 20.8. The van der Waals surface area contributed by atoms with Crippen LogP contribution in [0, 0.1) is 0 Å². The second-order valence-electron chi connectivity index (χ2n) is 11.2. The number of hydrogen-bond acceptors (Lipinski definition) is 4. The van der Waals surface area contributed by atoms with E-state index in [4.69, 9.17) is 4.98 Å². The van der Waals surface area contributed by atoms with E-state index in [-0.39, 0.29) is 16.7 Å². The van der Waals surface area contributed by atoms with Gasteiger partial charge in [-0.15, -0.1) is 11.3 Å². The molecule has 174 valence electrons. The first-order valence-corrected chi connectivity index (χ1v) is 13.2. The van der Waals surface area contributed by atoms with Gasteiger partial charge in [0.1, 0.15) is 10.8 Å². The summed E-state index contributed by atoms with van der Waals surface area (Å²) in [6.45, 7) is 17.7. The first kappa shape index (κ1) is 22.6. The molecule has 3 heterocycles. The SMILES string of the molecule is C=C/C=C\c1nc(C2Cc3cc4c5c(c3CC2=O)C(C)(C)CCN5CCC4(C)C)sc1CC. The summed E-state index contributed by atoms with van der Waals surface area (Å²) in [6.07, 6.45) is 10.3. The molecule has 0 radical (unpaired) electrons. The number of nitrogens with zero attached hydrogens (tertiary/aromatic N) is 2. The van der Waals surface area contributed by atoms with Gasteiger partial charge in [-0.1, -0.05) is 59.4 Å². The van der Waals surface area contributed by atoms with E-state index >= 15 is 0 Å². The number of ketones is 1. The lowest BCUT2D eigenvalue weighted by Gasteiger charge is -2.50. The molecule has 3 nitrogen and oxygen atoms in total. The Morgan fingerprint density at radius 1 is 1.21 bits per heavy atom. The Balaban J connectivity index is 1.63. The van der Waals surface area contributed by atoms with Crippen molar-refractivity contribution in [1.29, 1.82) is 0 Å². The quantitative estimate of drug-likeness (QED) is 0.487. The van der Waals surface area contributed by atoms with Crippen molar-refractivity contribution in [1.82, 2.24) is 4.98 Å². The number of aryl methyl sites for hydroxylation is 1. The summed E-state index contributed by atoms with van der Waals surface area (Å²) in [4.78, 5) is 22.4. The van der Waals surface area contributed by atoms with Crippen molar-refractivity contribution >= 4 is 28.9 Å². The van der Waals surface area contributed by atoms with Crippen LogP contribution in [0.1, 0.15) is 91.2 Å². The van der Waals surface area contributed by atoms with Gasteiger partial charge in [0, 0.05) is 30.1 Å². The Bertz CT molecular complexity index is 1160. The highest BCUT2D eigenvalue weighted by molar-refractivity contribution is 7.12. The van der Waals surface area contributed by atoms with Crippen molar-refractivity contribution in [2.45, 2.75) is 83.5 Å². The van der Waals surface area contributed by atoms with E-state index in [0.29, 0.717) is 12.2 Å².